The number of nitrogens with zero attached hydrogens (tertiary/aromatic N) is 1. The van der Waals surface area contributed by atoms with E-state index in [0.29, 0.717) is 11.6 Å². The van der Waals surface area contributed by atoms with E-state index in [4.69, 9.17) is 11.6 Å². The highest BCUT2D eigenvalue weighted by Crippen LogP contribution is 2.25. The Kier molecular flexibility index (Phi) is 6.07. The fourth-order valence-electron chi connectivity index (χ4n) is 2.11. The monoisotopic (exact) mass is 392 g/mol. The molecule has 0 atom stereocenters. The van der Waals surface area contributed by atoms with Crippen LogP contribution in [0.3, 0.4) is 0 Å². The van der Waals surface area contributed by atoms with E-state index in [1.807, 2.05) is 24.3 Å². The number of carbonyl (C=O) groups excluding carboxylic acids is 1. The van der Waals surface area contributed by atoms with Crippen molar-refractivity contribution in [2.75, 3.05) is 11.1 Å². The van der Waals surface area contributed by atoms with Crippen LogP contribution in [-0.2, 0) is 11.2 Å². The number of thioether (sulfide) groups is 1. The first-order valence-electron chi connectivity index (χ1n) is 7.46. The SMILES string of the molecule is O=C(CSc1ccc(F)cc1)Nc1ncc(Cc2ccccc2Cl)s1. The minimum atomic E-state index is -0.289. The molecule has 25 heavy (non-hydrogen) atoms. The van der Waals surface area contributed by atoms with Crippen LogP contribution in [0.15, 0.2) is 59.6 Å². The molecular weight excluding hydrogens is 379 g/mol. The predicted molar refractivity (Wildman–Crippen MR) is 102 cm³/mol. The van der Waals surface area contributed by atoms with Crippen molar-refractivity contribution in [1.29, 1.82) is 0 Å². The fourth-order valence-corrected chi connectivity index (χ4v) is 3.86. The lowest BCUT2D eigenvalue weighted by atomic mass is 10.1. The van der Waals surface area contributed by atoms with Gasteiger partial charge in [0.2, 0.25) is 5.91 Å². The van der Waals surface area contributed by atoms with E-state index in [1.165, 1.54) is 35.2 Å². The molecule has 0 aliphatic carbocycles. The van der Waals surface area contributed by atoms with Crippen molar-refractivity contribution in [2.45, 2.75) is 11.3 Å². The maximum atomic E-state index is 12.9. The van der Waals surface area contributed by atoms with E-state index >= 15 is 0 Å². The van der Waals surface area contributed by atoms with Gasteiger partial charge in [-0.05, 0) is 35.9 Å². The van der Waals surface area contributed by atoms with E-state index in [1.54, 1.807) is 18.3 Å². The van der Waals surface area contributed by atoms with Gasteiger partial charge < -0.3 is 5.32 Å². The lowest BCUT2D eigenvalue weighted by Crippen LogP contribution is -2.13. The summed E-state index contributed by atoms with van der Waals surface area (Å²) in [6.45, 7) is 0. The number of benzene rings is 2. The standard InChI is InChI=1S/C18H14ClFN2OS2/c19-16-4-2-1-3-12(16)9-15-10-21-18(25-15)22-17(23)11-24-14-7-5-13(20)6-8-14/h1-8,10H,9,11H2,(H,21,22,23). The summed E-state index contributed by atoms with van der Waals surface area (Å²) in [7, 11) is 0. The van der Waals surface area contributed by atoms with Crippen molar-refractivity contribution < 1.29 is 9.18 Å². The molecule has 0 saturated carbocycles. The summed E-state index contributed by atoms with van der Waals surface area (Å²) in [4.78, 5) is 18.1. The van der Waals surface area contributed by atoms with Crippen molar-refractivity contribution in [3.63, 3.8) is 0 Å². The molecule has 0 aliphatic heterocycles. The van der Waals surface area contributed by atoms with Gasteiger partial charge in [-0.25, -0.2) is 9.37 Å². The maximum Gasteiger partial charge on any atom is 0.236 e. The van der Waals surface area contributed by atoms with Gasteiger partial charge in [0.25, 0.3) is 0 Å². The molecule has 1 aromatic heterocycles. The van der Waals surface area contributed by atoms with Gasteiger partial charge in [0.05, 0.1) is 5.75 Å². The third kappa shape index (κ3) is 5.29. The van der Waals surface area contributed by atoms with E-state index in [-0.39, 0.29) is 17.5 Å². The number of hydrogen-bond acceptors (Lipinski definition) is 4. The molecule has 0 spiro atoms. The molecular formula is C18H14ClFN2OS2. The molecule has 1 N–H and O–H groups in total. The van der Waals surface area contributed by atoms with Gasteiger partial charge in [0.1, 0.15) is 5.82 Å². The Labute approximate surface area is 158 Å². The molecule has 0 fully saturated rings. The van der Waals surface area contributed by atoms with Gasteiger partial charge in [-0.15, -0.1) is 23.1 Å². The Bertz CT molecular complexity index is 868. The second-order valence-electron chi connectivity index (χ2n) is 5.19. The molecule has 1 amide bonds. The summed E-state index contributed by atoms with van der Waals surface area (Å²) >= 11 is 8.94. The molecule has 0 bridgehead atoms. The predicted octanol–water partition coefficient (Wildman–Crippen LogP) is 5.26. The summed E-state index contributed by atoms with van der Waals surface area (Å²) < 4.78 is 12.9. The fraction of sp³-hybridized carbons (Fsp3) is 0.111. The van der Waals surface area contributed by atoms with Crippen LogP contribution in [0.2, 0.25) is 5.02 Å². The van der Waals surface area contributed by atoms with Crippen molar-refractivity contribution in [2.24, 2.45) is 0 Å². The molecule has 0 aliphatic rings. The molecule has 0 radical (unpaired) electrons. The Morgan fingerprint density at radius 2 is 1.96 bits per heavy atom. The van der Waals surface area contributed by atoms with Crippen LogP contribution < -0.4 is 5.32 Å². The highest BCUT2D eigenvalue weighted by Gasteiger charge is 2.09. The van der Waals surface area contributed by atoms with Crippen LogP contribution >= 0.6 is 34.7 Å². The minimum absolute atomic E-state index is 0.145. The third-order valence-corrected chi connectivity index (χ3v) is 5.60. The van der Waals surface area contributed by atoms with Crippen molar-refractivity contribution in [3.05, 3.63) is 76.0 Å². The first-order valence-corrected chi connectivity index (χ1v) is 9.64. The number of carbonyl (C=O) groups is 1. The molecule has 3 aromatic rings. The zero-order valence-corrected chi connectivity index (χ0v) is 15.4. The van der Waals surface area contributed by atoms with E-state index in [2.05, 4.69) is 10.3 Å². The molecule has 7 heteroatoms. The van der Waals surface area contributed by atoms with Crippen LogP contribution in [-0.4, -0.2) is 16.6 Å². The highest BCUT2D eigenvalue weighted by molar-refractivity contribution is 8.00. The average molecular weight is 393 g/mol. The van der Waals surface area contributed by atoms with Crippen LogP contribution in [0.5, 0.6) is 0 Å². The van der Waals surface area contributed by atoms with E-state index in [0.717, 1.165) is 20.4 Å². The summed E-state index contributed by atoms with van der Waals surface area (Å²) in [6.07, 6.45) is 2.42. The van der Waals surface area contributed by atoms with Crippen molar-refractivity contribution >= 4 is 45.7 Å². The first-order chi connectivity index (χ1) is 12.1. The Morgan fingerprint density at radius 3 is 2.72 bits per heavy atom. The molecule has 1 heterocycles. The zero-order chi connectivity index (χ0) is 17.6. The second kappa shape index (κ2) is 8.47. The molecule has 0 saturated heterocycles. The topological polar surface area (TPSA) is 42.0 Å². The van der Waals surface area contributed by atoms with Gasteiger partial charge in [-0.1, -0.05) is 29.8 Å². The first kappa shape index (κ1) is 17.9. The number of hydrogen-bond donors (Lipinski definition) is 1. The molecule has 0 unspecified atom stereocenters. The van der Waals surface area contributed by atoms with Crippen molar-refractivity contribution in [3.8, 4) is 0 Å². The molecule has 3 nitrogen and oxygen atoms in total. The van der Waals surface area contributed by atoms with Crippen molar-refractivity contribution in [1.82, 2.24) is 4.98 Å². The smallest absolute Gasteiger partial charge is 0.236 e. The Balaban J connectivity index is 1.53. The Hall–Kier alpha value is -1.89. The lowest BCUT2D eigenvalue weighted by Gasteiger charge is -2.02. The largest absolute Gasteiger partial charge is 0.301 e. The lowest BCUT2D eigenvalue weighted by molar-refractivity contribution is -0.113. The van der Waals surface area contributed by atoms with Crippen LogP contribution in [0, 0.1) is 5.82 Å². The maximum absolute atomic E-state index is 12.9. The number of anilines is 1. The molecule has 3 rings (SSSR count). The number of aromatic nitrogens is 1. The molecule has 2 aromatic carbocycles. The summed E-state index contributed by atoms with van der Waals surface area (Å²) in [5.74, 6) is -0.193. The summed E-state index contributed by atoms with van der Waals surface area (Å²) in [6, 6.07) is 13.7. The number of nitrogens with one attached hydrogen (secondary N) is 1. The normalized spacial score (nSPS) is 10.6. The third-order valence-electron chi connectivity index (χ3n) is 3.31. The van der Waals surface area contributed by atoms with Gasteiger partial charge >= 0.3 is 0 Å². The van der Waals surface area contributed by atoms with Gasteiger partial charge in [-0.2, -0.15) is 0 Å². The van der Waals surface area contributed by atoms with Gasteiger partial charge in [0.15, 0.2) is 5.13 Å². The van der Waals surface area contributed by atoms with Crippen LogP contribution in [0.25, 0.3) is 0 Å². The number of amides is 1. The van der Waals surface area contributed by atoms with Gasteiger partial charge in [0, 0.05) is 27.4 Å². The zero-order valence-electron chi connectivity index (χ0n) is 13.0. The Morgan fingerprint density at radius 1 is 1.20 bits per heavy atom. The minimum Gasteiger partial charge on any atom is -0.301 e. The summed E-state index contributed by atoms with van der Waals surface area (Å²) in [5.41, 5.74) is 1.03. The van der Waals surface area contributed by atoms with Crippen LogP contribution in [0.4, 0.5) is 9.52 Å². The van der Waals surface area contributed by atoms with Crippen LogP contribution in [0.1, 0.15) is 10.4 Å². The van der Waals surface area contributed by atoms with E-state index < -0.39 is 0 Å². The quantitative estimate of drug-likeness (QED) is 0.582. The van der Waals surface area contributed by atoms with Gasteiger partial charge in [-0.3, -0.25) is 4.79 Å². The summed E-state index contributed by atoms with van der Waals surface area (Å²) in [5, 5.41) is 4.07. The van der Waals surface area contributed by atoms with E-state index in [9.17, 15) is 9.18 Å². The molecule has 128 valence electrons. The highest BCUT2D eigenvalue weighted by atomic mass is 35.5. The second-order valence-corrected chi connectivity index (χ2v) is 7.76. The number of thiazole rings is 1. The number of halogens is 2. The average Bonchev–Trinajstić information content (AvgIpc) is 3.03. The number of rotatable bonds is 6.